The van der Waals surface area contributed by atoms with Gasteiger partial charge in [0, 0.05) is 18.9 Å². The molecular weight excluding hydrogens is 282 g/mol. The number of benzene rings is 2. The van der Waals surface area contributed by atoms with Gasteiger partial charge in [0.1, 0.15) is 0 Å². The monoisotopic (exact) mass is 301 g/mol. The topological polar surface area (TPSA) is 67.8 Å². The first kappa shape index (κ1) is 14.8. The third-order valence-electron chi connectivity index (χ3n) is 3.89. The van der Waals surface area contributed by atoms with Gasteiger partial charge in [-0.05, 0) is 16.3 Å². The molecule has 0 aromatic heterocycles. The van der Waals surface area contributed by atoms with Gasteiger partial charge in [-0.2, -0.15) is 0 Å². The van der Waals surface area contributed by atoms with Gasteiger partial charge in [-0.1, -0.05) is 42.5 Å². The zero-order valence-corrected chi connectivity index (χ0v) is 12.2. The van der Waals surface area contributed by atoms with Crippen LogP contribution in [0.25, 0.3) is 10.8 Å². The molecule has 5 heteroatoms. The molecule has 1 aliphatic rings. The molecule has 2 aromatic rings. The second-order valence-corrected chi connectivity index (χ2v) is 5.38. The van der Waals surface area contributed by atoms with E-state index in [1.54, 1.807) is 0 Å². The molecule has 1 heterocycles. The van der Waals surface area contributed by atoms with E-state index < -0.39 is 6.09 Å². The number of amides is 1. The van der Waals surface area contributed by atoms with Crippen LogP contribution in [0.5, 0.6) is 0 Å². The summed E-state index contributed by atoms with van der Waals surface area (Å²) in [5, 5.41) is 13.3. The van der Waals surface area contributed by atoms with Crippen molar-refractivity contribution < 1.29 is 19.4 Å². The summed E-state index contributed by atoms with van der Waals surface area (Å²) in [5.41, 5.74) is 1.24. The molecule has 0 unspecified atom stereocenters. The van der Waals surface area contributed by atoms with E-state index in [0.29, 0.717) is 26.2 Å². The number of hydrogen-bond acceptors (Lipinski definition) is 3. The molecule has 1 amide bonds. The Labute approximate surface area is 128 Å². The lowest BCUT2D eigenvalue weighted by atomic mass is 9.94. The second kappa shape index (κ2) is 6.77. The summed E-state index contributed by atoms with van der Waals surface area (Å²) in [6.07, 6.45) is -0.836. The van der Waals surface area contributed by atoms with E-state index in [1.807, 2.05) is 12.1 Å². The summed E-state index contributed by atoms with van der Waals surface area (Å²) < 4.78 is 11.4. The molecule has 22 heavy (non-hydrogen) atoms. The highest BCUT2D eigenvalue weighted by molar-refractivity contribution is 5.86. The van der Waals surface area contributed by atoms with Crippen LogP contribution in [0.2, 0.25) is 0 Å². The number of hydrogen-bond donors (Lipinski definition) is 2. The standard InChI is InChI=1S/C17H19NO4/c19-17(20)18-9-8-16-21-10-13(11-22-16)15-7-3-5-12-4-1-2-6-14(12)15/h1-7,13,16,18H,8-11H2,(H,19,20). The SMILES string of the molecule is O=C(O)NCCC1OCC(c2cccc3ccccc23)CO1. The third kappa shape index (κ3) is 3.37. The van der Waals surface area contributed by atoms with E-state index in [1.165, 1.54) is 16.3 Å². The van der Waals surface area contributed by atoms with Crippen LogP contribution in [0.1, 0.15) is 17.9 Å². The zero-order valence-electron chi connectivity index (χ0n) is 12.2. The lowest BCUT2D eigenvalue weighted by Gasteiger charge is -2.30. The van der Waals surface area contributed by atoms with Gasteiger partial charge in [0.25, 0.3) is 0 Å². The maximum absolute atomic E-state index is 10.4. The Morgan fingerprint density at radius 2 is 1.86 bits per heavy atom. The third-order valence-corrected chi connectivity index (χ3v) is 3.89. The molecule has 0 spiro atoms. The predicted molar refractivity (Wildman–Crippen MR) is 83.0 cm³/mol. The van der Waals surface area contributed by atoms with Gasteiger partial charge in [0.05, 0.1) is 13.2 Å². The normalized spacial score (nSPS) is 21.6. The van der Waals surface area contributed by atoms with Crippen molar-refractivity contribution in [1.29, 1.82) is 0 Å². The predicted octanol–water partition coefficient (Wildman–Crippen LogP) is 2.95. The molecule has 5 nitrogen and oxygen atoms in total. The maximum atomic E-state index is 10.4. The minimum Gasteiger partial charge on any atom is -0.465 e. The van der Waals surface area contributed by atoms with Crippen molar-refractivity contribution in [3.8, 4) is 0 Å². The minimum atomic E-state index is -1.02. The van der Waals surface area contributed by atoms with Crippen molar-refractivity contribution in [3.63, 3.8) is 0 Å². The van der Waals surface area contributed by atoms with E-state index >= 15 is 0 Å². The quantitative estimate of drug-likeness (QED) is 0.911. The fourth-order valence-corrected chi connectivity index (χ4v) is 2.79. The zero-order chi connectivity index (χ0) is 15.4. The molecule has 0 radical (unpaired) electrons. The van der Waals surface area contributed by atoms with Gasteiger partial charge in [0.2, 0.25) is 0 Å². The first-order chi connectivity index (χ1) is 10.7. The van der Waals surface area contributed by atoms with Crippen LogP contribution in [0, 0.1) is 0 Å². The highest BCUT2D eigenvalue weighted by Crippen LogP contribution is 2.29. The molecule has 116 valence electrons. The van der Waals surface area contributed by atoms with Crippen molar-refractivity contribution >= 4 is 16.9 Å². The Morgan fingerprint density at radius 3 is 2.64 bits per heavy atom. The van der Waals surface area contributed by atoms with Crippen molar-refractivity contribution in [2.45, 2.75) is 18.6 Å². The molecule has 0 saturated carbocycles. The van der Waals surface area contributed by atoms with Crippen molar-refractivity contribution in [3.05, 3.63) is 48.0 Å². The minimum absolute atomic E-state index is 0.204. The first-order valence-electron chi connectivity index (χ1n) is 7.41. The summed E-state index contributed by atoms with van der Waals surface area (Å²) in [5.74, 6) is 0.204. The molecule has 1 fully saturated rings. The molecular formula is C17H19NO4. The Balaban J connectivity index is 1.62. The molecule has 0 aliphatic carbocycles. The van der Waals surface area contributed by atoms with Crippen LogP contribution >= 0.6 is 0 Å². The van der Waals surface area contributed by atoms with Gasteiger partial charge < -0.3 is 19.9 Å². The van der Waals surface area contributed by atoms with Gasteiger partial charge >= 0.3 is 6.09 Å². The molecule has 3 rings (SSSR count). The van der Waals surface area contributed by atoms with E-state index in [0.717, 1.165) is 0 Å². The van der Waals surface area contributed by atoms with E-state index in [9.17, 15) is 4.79 Å². The number of nitrogens with one attached hydrogen (secondary N) is 1. The largest absolute Gasteiger partial charge is 0.465 e. The fraction of sp³-hybridized carbons (Fsp3) is 0.353. The molecule has 1 saturated heterocycles. The summed E-state index contributed by atoms with van der Waals surface area (Å²) in [6, 6.07) is 14.6. The summed E-state index contributed by atoms with van der Waals surface area (Å²) in [6.45, 7) is 1.51. The van der Waals surface area contributed by atoms with Crippen LogP contribution in [0.4, 0.5) is 4.79 Å². The summed E-state index contributed by atoms with van der Waals surface area (Å²) in [7, 11) is 0. The Hall–Kier alpha value is -2.11. The van der Waals surface area contributed by atoms with Crippen molar-refractivity contribution in [2.24, 2.45) is 0 Å². The van der Waals surface area contributed by atoms with Crippen LogP contribution in [0.3, 0.4) is 0 Å². The maximum Gasteiger partial charge on any atom is 0.404 e. The number of carboxylic acid groups (broad SMARTS) is 1. The summed E-state index contributed by atoms with van der Waals surface area (Å²) in [4.78, 5) is 10.4. The smallest absolute Gasteiger partial charge is 0.404 e. The second-order valence-electron chi connectivity index (χ2n) is 5.38. The number of fused-ring (bicyclic) bond motifs is 1. The lowest BCUT2D eigenvalue weighted by Crippen LogP contribution is -2.34. The molecule has 0 bridgehead atoms. The first-order valence-corrected chi connectivity index (χ1v) is 7.41. The van der Waals surface area contributed by atoms with Crippen LogP contribution in [-0.2, 0) is 9.47 Å². The number of ether oxygens (including phenoxy) is 2. The highest BCUT2D eigenvalue weighted by Gasteiger charge is 2.24. The van der Waals surface area contributed by atoms with Gasteiger partial charge in [-0.15, -0.1) is 0 Å². The van der Waals surface area contributed by atoms with Crippen LogP contribution < -0.4 is 5.32 Å². The Kier molecular flexibility index (Phi) is 4.56. The molecule has 2 aromatic carbocycles. The lowest BCUT2D eigenvalue weighted by molar-refractivity contribution is -0.188. The van der Waals surface area contributed by atoms with Crippen LogP contribution in [-0.4, -0.2) is 37.2 Å². The van der Waals surface area contributed by atoms with Crippen LogP contribution in [0.15, 0.2) is 42.5 Å². The molecule has 0 atom stereocenters. The average Bonchev–Trinajstić information content (AvgIpc) is 2.55. The van der Waals surface area contributed by atoms with Gasteiger partial charge in [-0.3, -0.25) is 0 Å². The Bertz CT molecular complexity index is 645. The van der Waals surface area contributed by atoms with Gasteiger partial charge in [-0.25, -0.2) is 4.79 Å². The van der Waals surface area contributed by atoms with E-state index in [4.69, 9.17) is 14.6 Å². The highest BCUT2D eigenvalue weighted by atomic mass is 16.7. The summed E-state index contributed by atoms with van der Waals surface area (Å²) >= 11 is 0. The average molecular weight is 301 g/mol. The number of rotatable bonds is 4. The molecule has 1 aliphatic heterocycles. The van der Waals surface area contributed by atoms with E-state index in [-0.39, 0.29) is 12.2 Å². The fourth-order valence-electron chi connectivity index (χ4n) is 2.79. The molecule has 2 N–H and O–H groups in total. The number of carbonyl (C=O) groups is 1. The Morgan fingerprint density at radius 1 is 1.14 bits per heavy atom. The van der Waals surface area contributed by atoms with E-state index in [2.05, 4.69) is 35.6 Å². The van der Waals surface area contributed by atoms with Gasteiger partial charge in [0.15, 0.2) is 6.29 Å². The van der Waals surface area contributed by atoms with Crippen molar-refractivity contribution in [2.75, 3.05) is 19.8 Å². The van der Waals surface area contributed by atoms with Crippen molar-refractivity contribution in [1.82, 2.24) is 5.32 Å².